The maximum Gasteiger partial charge on any atom is 0.0466 e. The summed E-state index contributed by atoms with van der Waals surface area (Å²) in [6.45, 7) is 3.24. The van der Waals surface area contributed by atoms with E-state index < -0.39 is 0 Å². The number of hydrogen-bond donors (Lipinski definition) is 0. The highest BCUT2D eigenvalue weighted by atomic mass is 32.1. The topological polar surface area (TPSA) is 29.0 Å². The van der Waals surface area contributed by atoms with Crippen LogP contribution < -0.4 is 0 Å². The first-order chi connectivity index (χ1) is 12.8. The molecule has 0 spiro atoms. The summed E-state index contributed by atoms with van der Waals surface area (Å²) in [7, 11) is 0. The van der Waals surface area contributed by atoms with Gasteiger partial charge in [-0.1, -0.05) is 18.2 Å². The van der Waals surface area contributed by atoms with Gasteiger partial charge < -0.3 is 0 Å². The first-order valence-corrected chi connectivity index (χ1v) is 10.3. The predicted molar refractivity (Wildman–Crippen MR) is 107 cm³/mol. The highest BCUT2D eigenvalue weighted by Gasteiger charge is 2.37. The van der Waals surface area contributed by atoms with E-state index in [4.69, 9.17) is 4.98 Å². The molecule has 1 aliphatic heterocycles. The summed E-state index contributed by atoms with van der Waals surface area (Å²) in [5.74, 6) is 0. The molecule has 1 fully saturated rings. The van der Waals surface area contributed by atoms with Gasteiger partial charge in [0.05, 0.1) is 0 Å². The van der Waals surface area contributed by atoms with Gasteiger partial charge in [-0.05, 0) is 74.0 Å². The minimum absolute atomic E-state index is 0.205. The van der Waals surface area contributed by atoms with E-state index in [-0.39, 0.29) is 5.41 Å². The van der Waals surface area contributed by atoms with E-state index in [9.17, 15) is 0 Å². The van der Waals surface area contributed by atoms with Crippen LogP contribution in [0.5, 0.6) is 0 Å². The number of aryl methyl sites for hydroxylation is 1. The van der Waals surface area contributed by atoms with Gasteiger partial charge in [0.1, 0.15) is 0 Å². The monoisotopic (exact) mass is 363 g/mol. The van der Waals surface area contributed by atoms with Crippen molar-refractivity contribution in [2.45, 2.75) is 37.6 Å². The van der Waals surface area contributed by atoms with Crippen LogP contribution in [0.15, 0.2) is 66.4 Å². The summed E-state index contributed by atoms with van der Waals surface area (Å²) in [5.41, 5.74) is 2.78. The summed E-state index contributed by atoms with van der Waals surface area (Å²) in [6.07, 6.45) is 10.5. The molecule has 0 bridgehead atoms. The van der Waals surface area contributed by atoms with Gasteiger partial charge in [-0.25, -0.2) is 0 Å². The fourth-order valence-electron chi connectivity index (χ4n) is 4.02. The van der Waals surface area contributed by atoms with E-state index in [1.807, 2.05) is 42.1 Å². The largest absolute Gasteiger partial charge is 0.299 e. The lowest BCUT2D eigenvalue weighted by Crippen LogP contribution is -2.43. The van der Waals surface area contributed by atoms with Gasteiger partial charge in [-0.15, -0.1) is 11.3 Å². The molecular formula is C22H25N3S. The molecule has 4 rings (SSSR count). The molecule has 0 amide bonds. The Labute approximate surface area is 159 Å². The van der Waals surface area contributed by atoms with E-state index in [1.54, 1.807) is 0 Å². The second-order valence-corrected chi connectivity index (χ2v) is 8.24. The van der Waals surface area contributed by atoms with Crippen LogP contribution in [-0.2, 0) is 18.4 Å². The summed E-state index contributed by atoms with van der Waals surface area (Å²) in [6, 6.07) is 15.0. The maximum atomic E-state index is 4.76. The van der Waals surface area contributed by atoms with Gasteiger partial charge in [-0.3, -0.25) is 14.9 Å². The Morgan fingerprint density at radius 2 is 1.92 bits per heavy atom. The summed E-state index contributed by atoms with van der Waals surface area (Å²) < 4.78 is 0. The van der Waals surface area contributed by atoms with Crippen LogP contribution in [0, 0.1) is 0 Å². The second kappa shape index (κ2) is 8.11. The standard InChI is InChI=1S/C22H25N3S/c1-2-13-24-21(7-1)22(9-8-20-6-4-16-26-20)10-14-25(15-11-22)18-19-5-3-12-23-17-19/h1-7,12-13,16-17H,8-11,14-15,18H2. The number of thiophene rings is 1. The third kappa shape index (κ3) is 4.02. The molecule has 3 aromatic heterocycles. The van der Waals surface area contributed by atoms with Gasteiger partial charge in [-0.2, -0.15) is 0 Å². The molecule has 134 valence electrons. The molecule has 1 saturated heterocycles. The molecule has 0 radical (unpaired) electrons. The SMILES string of the molecule is c1ccc(C2(CCc3cccs3)CCN(Cc3cccnc3)CC2)nc1. The van der Waals surface area contributed by atoms with Crippen molar-refractivity contribution < 1.29 is 0 Å². The fourth-order valence-corrected chi connectivity index (χ4v) is 4.73. The van der Waals surface area contributed by atoms with Crippen LogP contribution >= 0.6 is 11.3 Å². The van der Waals surface area contributed by atoms with Crippen molar-refractivity contribution in [2.24, 2.45) is 0 Å². The Kier molecular flexibility index (Phi) is 5.42. The first-order valence-electron chi connectivity index (χ1n) is 9.39. The number of piperidine rings is 1. The first kappa shape index (κ1) is 17.4. The molecule has 0 unspecified atom stereocenters. The summed E-state index contributed by atoms with van der Waals surface area (Å²) in [5, 5.41) is 2.18. The Hall–Kier alpha value is -2.04. The molecule has 26 heavy (non-hydrogen) atoms. The number of rotatable bonds is 6. The molecule has 1 aliphatic rings. The van der Waals surface area contributed by atoms with Crippen molar-refractivity contribution in [2.75, 3.05) is 13.1 Å². The average molecular weight is 364 g/mol. The smallest absolute Gasteiger partial charge is 0.0466 e. The Balaban J connectivity index is 1.46. The lowest BCUT2D eigenvalue weighted by molar-refractivity contribution is 0.143. The molecule has 0 aliphatic carbocycles. The number of likely N-dealkylation sites (tertiary alicyclic amines) is 1. The second-order valence-electron chi connectivity index (χ2n) is 7.21. The van der Waals surface area contributed by atoms with Gasteiger partial charge in [0.25, 0.3) is 0 Å². The van der Waals surface area contributed by atoms with E-state index in [2.05, 4.69) is 45.6 Å². The summed E-state index contributed by atoms with van der Waals surface area (Å²) in [4.78, 5) is 13.1. The quantitative estimate of drug-likeness (QED) is 0.635. The third-order valence-electron chi connectivity index (χ3n) is 5.58. The highest BCUT2D eigenvalue weighted by Crippen LogP contribution is 2.39. The predicted octanol–water partition coefficient (Wildman–Crippen LogP) is 4.70. The van der Waals surface area contributed by atoms with Crippen molar-refractivity contribution in [3.05, 3.63) is 82.6 Å². The van der Waals surface area contributed by atoms with Crippen molar-refractivity contribution in [3.8, 4) is 0 Å². The maximum absolute atomic E-state index is 4.76. The van der Waals surface area contributed by atoms with E-state index in [0.29, 0.717) is 0 Å². The molecule has 0 N–H and O–H groups in total. The van der Waals surface area contributed by atoms with E-state index in [1.165, 1.54) is 35.4 Å². The van der Waals surface area contributed by atoms with Crippen LogP contribution in [-0.4, -0.2) is 28.0 Å². The summed E-state index contributed by atoms with van der Waals surface area (Å²) >= 11 is 1.87. The normalized spacial score (nSPS) is 17.2. The number of hydrogen-bond acceptors (Lipinski definition) is 4. The van der Waals surface area contributed by atoms with Crippen molar-refractivity contribution in [1.82, 2.24) is 14.9 Å². The Morgan fingerprint density at radius 3 is 2.62 bits per heavy atom. The van der Waals surface area contributed by atoms with Crippen LogP contribution in [0.1, 0.15) is 35.4 Å². The minimum Gasteiger partial charge on any atom is -0.299 e. The highest BCUT2D eigenvalue weighted by molar-refractivity contribution is 7.09. The molecule has 0 aromatic carbocycles. The van der Waals surface area contributed by atoms with Crippen molar-refractivity contribution in [1.29, 1.82) is 0 Å². The number of aromatic nitrogens is 2. The van der Waals surface area contributed by atoms with E-state index in [0.717, 1.165) is 26.1 Å². The average Bonchev–Trinajstić information content (AvgIpc) is 3.23. The molecule has 0 atom stereocenters. The Morgan fingerprint density at radius 1 is 1.00 bits per heavy atom. The van der Waals surface area contributed by atoms with Crippen LogP contribution in [0.4, 0.5) is 0 Å². The molecule has 3 nitrogen and oxygen atoms in total. The zero-order chi connectivity index (χ0) is 17.7. The molecule has 3 aromatic rings. The number of nitrogens with zero attached hydrogens (tertiary/aromatic N) is 3. The lowest BCUT2D eigenvalue weighted by Gasteiger charge is -2.41. The van der Waals surface area contributed by atoms with Crippen LogP contribution in [0.3, 0.4) is 0 Å². The van der Waals surface area contributed by atoms with Crippen molar-refractivity contribution in [3.63, 3.8) is 0 Å². The zero-order valence-corrected chi connectivity index (χ0v) is 15.9. The minimum atomic E-state index is 0.205. The van der Waals surface area contributed by atoms with Gasteiger partial charge in [0.15, 0.2) is 0 Å². The van der Waals surface area contributed by atoms with Gasteiger partial charge in [0.2, 0.25) is 0 Å². The van der Waals surface area contributed by atoms with Gasteiger partial charge >= 0.3 is 0 Å². The third-order valence-corrected chi connectivity index (χ3v) is 6.52. The van der Waals surface area contributed by atoms with Crippen molar-refractivity contribution >= 4 is 11.3 Å². The molecular weight excluding hydrogens is 338 g/mol. The van der Waals surface area contributed by atoms with Crippen LogP contribution in [0.2, 0.25) is 0 Å². The fraction of sp³-hybridized carbons (Fsp3) is 0.364. The lowest BCUT2D eigenvalue weighted by atomic mass is 9.72. The zero-order valence-electron chi connectivity index (χ0n) is 15.1. The Bertz CT molecular complexity index is 779. The number of pyridine rings is 2. The van der Waals surface area contributed by atoms with E-state index >= 15 is 0 Å². The van der Waals surface area contributed by atoms with Crippen LogP contribution in [0.25, 0.3) is 0 Å². The molecule has 4 heteroatoms. The van der Waals surface area contributed by atoms with Gasteiger partial charge in [0, 0.05) is 41.1 Å². The molecule has 4 heterocycles. The molecule has 0 saturated carbocycles.